The highest BCUT2D eigenvalue weighted by atomic mass is 127. The van der Waals surface area contributed by atoms with Gasteiger partial charge in [0, 0.05) is 18.3 Å². The highest BCUT2D eigenvalue weighted by Gasteiger charge is 2.69. The van der Waals surface area contributed by atoms with Gasteiger partial charge >= 0.3 is 27.3 Å². The molecule has 13 heteroatoms. The molecule has 192 valence electrons. The Balaban J connectivity index is 1.31. The summed E-state index contributed by atoms with van der Waals surface area (Å²) in [6.45, 7) is -0.769. The van der Waals surface area contributed by atoms with Gasteiger partial charge in [-0.3, -0.25) is 9.35 Å². The fourth-order valence-electron chi connectivity index (χ4n) is 6.40. The number of fused-ring (bicyclic) bond motifs is 1. The Morgan fingerprint density at radius 2 is 1.89 bits per heavy atom. The summed E-state index contributed by atoms with van der Waals surface area (Å²) < 4.78 is 88.7. The molecule has 0 amide bonds. The Morgan fingerprint density at radius 3 is 2.51 bits per heavy atom. The van der Waals surface area contributed by atoms with E-state index in [9.17, 15) is 31.2 Å². The second kappa shape index (κ2) is 8.20. The molecule has 1 aromatic carbocycles. The molecule has 1 aromatic rings. The SMILES string of the molecule is O=C1OC2(Oc3c(I)cccc31)C1CC3CC2CC(C(=O)OCCC(F)C(F)(F)S(=O)(=O)O)(C3)C1. The first-order valence-corrected chi connectivity index (χ1v) is 13.7. The van der Waals surface area contributed by atoms with Gasteiger partial charge in [-0.2, -0.15) is 17.2 Å². The Labute approximate surface area is 212 Å². The number of benzene rings is 1. The Hall–Kier alpha value is -1.61. The van der Waals surface area contributed by atoms with Crippen LogP contribution in [0.25, 0.3) is 0 Å². The molecule has 1 heterocycles. The molecule has 4 fully saturated rings. The highest BCUT2D eigenvalue weighted by Crippen LogP contribution is 2.66. The first-order chi connectivity index (χ1) is 16.3. The smallest absolute Gasteiger partial charge is 0.400 e. The molecule has 1 N–H and O–H groups in total. The van der Waals surface area contributed by atoms with E-state index in [0.717, 1.165) is 3.57 Å². The predicted molar refractivity (Wildman–Crippen MR) is 121 cm³/mol. The van der Waals surface area contributed by atoms with E-state index in [4.69, 9.17) is 18.8 Å². The summed E-state index contributed by atoms with van der Waals surface area (Å²) in [5.41, 5.74) is -0.605. The monoisotopic (exact) mass is 630 g/mol. The third-order valence-electron chi connectivity index (χ3n) is 7.77. The maximum Gasteiger partial charge on any atom is 0.400 e. The van der Waals surface area contributed by atoms with Crippen LogP contribution in [0.4, 0.5) is 13.2 Å². The number of carbonyl (C=O) groups excluding carboxylic acids is 2. The zero-order valence-electron chi connectivity index (χ0n) is 18.2. The molecular weight excluding hydrogens is 608 g/mol. The standard InChI is InChI=1S/C22H22F3IO8S/c23-16(22(24,25)35(29,30)31)4-5-32-19(28)20-8-11-6-12(9-20)21(13(7-11)10-20)33-17-14(18(27)34-21)2-1-3-15(17)26/h1-3,11-13,16H,4-10H2,(H,29,30,31). The molecule has 1 aliphatic heterocycles. The maximum atomic E-state index is 13.8. The molecule has 3 atom stereocenters. The van der Waals surface area contributed by atoms with Crippen LogP contribution >= 0.6 is 22.6 Å². The normalized spacial score (nSPS) is 34.2. The molecule has 0 aromatic heterocycles. The van der Waals surface area contributed by atoms with E-state index < -0.39 is 57.7 Å². The van der Waals surface area contributed by atoms with Gasteiger partial charge in [0.05, 0.1) is 15.6 Å². The van der Waals surface area contributed by atoms with Crippen molar-refractivity contribution < 1.29 is 49.9 Å². The van der Waals surface area contributed by atoms with Crippen LogP contribution < -0.4 is 4.74 Å². The second-order valence-corrected chi connectivity index (χ2v) is 12.5. The number of halogens is 4. The van der Waals surface area contributed by atoms with E-state index in [0.29, 0.717) is 43.4 Å². The van der Waals surface area contributed by atoms with Gasteiger partial charge in [-0.1, -0.05) is 6.07 Å². The summed E-state index contributed by atoms with van der Waals surface area (Å²) in [6, 6.07) is 5.19. The van der Waals surface area contributed by atoms with Crippen LogP contribution in [0.2, 0.25) is 0 Å². The molecule has 1 spiro atoms. The van der Waals surface area contributed by atoms with Crippen LogP contribution in [0.15, 0.2) is 18.2 Å². The third kappa shape index (κ3) is 3.83. The van der Waals surface area contributed by atoms with E-state index in [1.165, 1.54) is 0 Å². The van der Waals surface area contributed by atoms with Crippen LogP contribution in [0, 0.1) is 26.7 Å². The molecule has 4 aliphatic carbocycles. The summed E-state index contributed by atoms with van der Waals surface area (Å²) in [7, 11) is -5.94. The van der Waals surface area contributed by atoms with E-state index in [1.54, 1.807) is 12.1 Å². The average Bonchev–Trinajstić information content (AvgIpc) is 2.77. The summed E-state index contributed by atoms with van der Waals surface area (Å²) in [5, 5.41) is -5.00. The van der Waals surface area contributed by atoms with E-state index in [1.807, 2.05) is 6.07 Å². The van der Waals surface area contributed by atoms with Gasteiger partial charge < -0.3 is 14.2 Å². The number of hydrogen-bond acceptors (Lipinski definition) is 7. The summed E-state index contributed by atoms with van der Waals surface area (Å²) in [5.74, 6) is -2.31. The van der Waals surface area contributed by atoms with Gasteiger partial charge in [0.1, 0.15) is 5.56 Å². The maximum absolute atomic E-state index is 13.8. The number of alkyl halides is 3. The summed E-state index contributed by atoms with van der Waals surface area (Å²) in [6.07, 6.45) is -1.85. The van der Waals surface area contributed by atoms with Gasteiger partial charge in [-0.25, -0.2) is 9.18 Å². The molecule has 4 bridgehead atoms. The minimum atomic E-state index is -5.94. The van der Waals surface area contributed by atoms with E-state index in [2.05, 4.69) is 22.6 Å². The topological polar surface area (TPSA) is 116 Å². The summed E-state index contributed by atoms with van der Waals surface area (Å²) in [4.78, 5) is 25.9. The lowest BCUT2D eigenvalue weighted by Crippen LogP contribution is -2.67. The van der Waals surface area contributed by atoms with Crippen LogP contribution in [0.3, 0.4) is 0 Å². The predicted octanol–water partition coefficient (Wildman–Crippen LogP) is 4.12. The van der Waals surface area contributed by atoms with Gasteiger partial charge in [-0.15, -0.1) is 0 Å². The van der Waals surface area contributed by atoms with Gasteiger partial charge in [0.15, 0.2) is 11.9 Å². The number of esters is 2. The fourth-order valence-corrected chi connectivity index (χ4v) is 7.45. The van der Waals surface area contributed by atoms with E-state index >= 15 is 0 Å². The number of hydrogen-bond donors (Lipinski definition) is 1. The van der Waals surface area contributed by atoms with Crippen molar-refractivity contribution >= 4 is 44.6 Å². The first-order valence-electron chi connectivity index (χ1n) is 11.2. The lowest BCUT2D eigenvalue weighted by molar-refractivity contribution is -0.294. The van der Waals surface area contributed by atoms with Crippen molar-refractivity contribution in [3.8, 4) is 5.75 Å². The second-order valence-electron chi connectivity index (χ2n) is 9.88. The largest absolute Gasteiger partial charge is 0.465 e. The minimum absolute atomic E-state index is 0.155. The van der Waals surface area contributed by atoms with Crippen LogP contribution in [0.1, 0.15) is 48.9 Å². The number of rotatable bonds is 6. The van der Waals surface area contributed by atoms with Crippen molar-refractivity contribution in [3.63, 3.8) is 0 Å². The van der Waals surface area contributed by atoms with Crippen LogP contribution in [0.5, 0.6) is 5.75 Å². The molecule has 5 aliphatic rings. The molecule has 6 rings (SSSR count). The van der Waals surface area contributed by atoms with Crippen molar-refractivity contribution in [2.75, 3.05) is 6.61 Å². The molecular formula is C22H22F3IO8S. The molecule has 8 nitrogen and oxygen atoms in total. The van der Waals surface area contributed by atoms with Crippen molar-refractivity contribution in [2.45, 2.75) is 55.7 Å². The molecule has 0 radical (unpaired) electrons. The molecule has 0 saturated heterocycles. The highest BCUT2D eigenvalue weighted by molar-refractivity contribution is 14.1. The number of ether oxygens (including phenoxy) is 3. The average molecular weight is 630 g/mol. The lowest BCUT2D eigenvalue weighted by atomic mass is 9.47. The molecule has 4 saturated carbocycles. The van der Waals surface area contributed by atoms with Crippen LogP contribution in [-0.4, -0.2) is 48.7 Å². The zero-order valence-corrected chi connectivity index (χ0v) is 21.2. The van der Waals surface area contributed by atoms with Crippen LogP contribution in [-0.2, 0) is 24.4 Å². The number of para-hydroxylation sites is 1. The Kier molecular flexibility index (Phi) is 5.87. The minimum Gasteiger partial charge on any atom is -0.465 e. The number of carbonyl (C=O) groups is 2. The van der Waals surface area contributed by atoms with Crippen molar-refractivity contribution in [3.05, 3.63) is 27.3 Å². The molecule has 3 unspecified atom stereocenters. The quantitative estimate of drug-likeness (QED) is 0.284. The van der Waals surface area contributed by atoms with Crippen molar-refractivity contribution in [1.29, 1.82) is 0 Å². The Bertz CT molecular complexity index is 1170. The Morgan fingerprint density at radius 1 is 1.23 bits per heavy atom. The first kappa shape index (κ1) is 25.1. The van der Waals surface area contributed by atoms with Gasteiger partial charge in [0.25, 0.3) is 5.79 Å². The fraction of sp³-hybridized carbons (Fsp3) is 0.636. The van der Waals surface area contributed by atoms with Gasteiger partial charge in [0.2, 0.25) is 0 Å². The molecule has 35 heavy (non-hydrogen) atoms. The van der Waals surface area contributed by atoms with Crippen molar-refractivity contribution in [2.24, 2.45) is 23.2 Å². The van der Waals surface area contributed by atoms with E-state index in [-0.39, 0.29) is 17.8 Å². The van der Waals surface area contributed by atoms with Crippen molar-refractivity contribution in [1.82, 2.24) is 0 Å². The summed E-state index contributed by atoms with van der Waals surface area (Å²) >= 11 is 2.09. The third-order valence-corrected chi connectivity index (χ3v) is 9.57. The lowest BCUT2D eigenvalue weighted by Gasteiger charge is -2.62. The zero-order chi connectivity index (χ0) is 25.4. The van der Waals surface area contributed by atoms with Gasteiger partial charge in [-0.05, 0) is 72.7 Å².